The van der Waals surface area contributed by atoms with Crippen molar-refractivity contribution in [1.29, 1.82) is 0 Å². The van der Waals surface area contributed by atoms with E-state index in [0.29, 0.717) is 12.2 Å². The highest BCUT2D eigenvalue weighted by molar-refractivity contribution is 6.31. The number of carboxylic acids is 1. The van der Waals surface area contributed by atoms with E-state index in [1.54, 1.807) is 11.6 Å². The monoisotopic (exact) mass is 198 g/mol. The van der Waals surface area contributed by atoms with Gasteiger partial charge in [0.05, 0.1) is 0 Å². The highest BCUT2D eigenvalue weighted by Gasteiger charge is 2.09. The van der Waals surface area contributed by atoms with Gasteiger partial charge < -0.3 is 15.0 Å². The first kappa shape index (κ1) is 10.2. The van der Waals surface area contributed by atoms with Crippen molar-refractivity contribution in [3.8, 4) is 0 Å². The number of amides is 1. The number of rotatable bonds is 3. The van der Waals surface area contributed by atoms with Gasteiger partial charge in [0.1, 0.15) is 12.2 Å². The maximum Gasteiger partial charge on any atom is 0.394 e. The van der Waals surface area contributed by atoms with E-state index < -0.39 is 11.9 Å². The van der Waals surface area contributed by atoms with Crippen LogP contribution in [0.5, 0.6) is 0 Å². The fraction of sp³-hybridized carbons (Fsp3) is 0.429. The fourth-order valence-corrected chi connectivity index (χ4v) is 0.897. The number of carbonyl (C=O) groups is 2. The lowest BCUT2D eigenvalue weighted by atomic mass is 10.4. The van der Waals surface area contributed by atoms with Crippen molar-refractivity contribution in [2.75, 3.05) is 6.54 Å². The highest BCUT2D eigenvalue weighted by Crippen LogP contribution is 1.90. The van der Waals surface area contributed by atoms with Crippen LogP contribution in [-0.2, 0) is 23.1 Å². The van der Waals surface area contributed by atoms with Gasteiger partial charge in [0, 0.05) is 20.0 Å². The molecule has 0 aliphatic carbocycles. The summed E-state index contributed by atoms with van der Waals surface area (Å²) in [5.74, 6) is -1.80. The van der Waals surface area contributed by atoms with E-state index in [4.69, 9.17) is 5.11 Å². The Labute approximate surface area is 79.8 Å². The maximum atomic E-state index is 10.6. The van der Waals surface area contributed by atoms with Crippen LogP contribution in [0.4, 0.5) is 0 Å². The number of aliphatic carboxylic acids is 1. The molecule has 0 bridgehead atoms. The Bertz CT molecular complexity index is 346. The van der Waals surface area contributed by atoms with Gasteiger partial charge in [0.2, 0.25) is 0 Å². The quantitative estimate of drug-likeness (QED) is 0.579. The molecule has 0 aliphatic rings. The van der Waals surface area contributed by atoms with Gasteiger partial charge in [-0.1, -0.05) is 0 Å². The van der Waals surface area contributed by atoms with Crippen LogP contribution in [0, 0.1) is 0 Å². The second-order valence-corrected chi connectivity index (χ2v) is 2.67. The highest BCUT2D eigenvalue weighted by atomic mass is 16.4. The number of nitrogens with one attached hydrogen (secondary N) is 1. The smallest absolute Gasteiger partial charge is 0.394 e. The van der Waals surface area contributed by atoms with E-state index in [9.17, 15) is 9.59 Å². The standard InChI is InChI=1S/C7H10N4O3/c1-11-4-9-10-5(11)2-3-8-6(12)7(13)14/h4H,2-3H2,1H3,(H,8,12)(H,13,14). The summed E-state index contributed by atoms with van der Waals surface area (Å²) in [4.78, 5) is 20.7. The van der Waals surface area contributed by atoms with Gasteiger partial charge in [0.25, 0.3) is 0 Å². The van der Waals surface area contributed by atoms with Crippen LogP contribution in [0.25, 0.3) is 0 Å². The van der Waals surface area contributed by atoms with Crippen molar-refractivity contribution >= 4 is 11.9 Å². The minimum absolute atomic E-state index is 0.234. The second-order valence-electron chi connectivity index (χ2n) is 2.67. The zero-order valence-corrected chi connectivity index (χ0v) is 7.60. The molecule has 0 radical (unpaired) electrons. The molecule has 1 rings (SSSR count). The molecule has 76 valence electrons. The van der Waals surface area contributed by atoms with Crippen LogP contribution in [0.1, 0.15) is 5.82 Å². The largest absolute Gasteiger partial charge is 0.474 e. The van der Waals surface area contributed by atoms with Crippen LogP contribution in [0.15, 0.2) is 6.33 Å². The van der Waals surface area contributed by atoms with Gasteiger partial charge in [-0.3, -0.25) is 4.79 Å². The Hall–Kier alpha value is -1.92. The van der Waals surface area contributed by atoms with Crippen molar-refractivity contribution in [2.45, 2.75) is 6.42 Å². The van der Waals surface area contributed by atoms with Crippen molar-refractivity contribution in [1.82, 2.24) is 20.1 Å². The van der Waals surface area contributed by atoms with Gasteiger partial charge >= 0.3 is 11.9 Å². The third-order valence-corrected chi connectivity index (χ3v) is 1.63. The molecule has 0 aliphatic heterocycles. The van der Waals surface area contributed by atoms with E-state index in [1.807, 2.05) is 0 Å². The van der Waals surface area contributed by atoms with Crippen molar-refractivity contribution in [3.05, 3.63) is 12.2 Å². The summed E-state index contributed by atoms with van der Waals surface area (Å²) in [6.07, 6.45) is 1.99. The molecule has 1 heterocycles. The summed E-state index contributed by atoms with van der Waals surface area (Å²) < 4.78 is 1.70. The molecule has 0 fully saturated rings. The summed E-state index contributed by atoms with van der Waals surface area (Å²) in [6, 6.07) is 0. The van der Waals surface area contributed by atoms with E-state index in [1.165, 1.54) is 6.33 Å². The van der Waals surface area contributed by atoms with Crippen LogP contribution in [0.2, 0.25) is 0 Å². The molecule has 7 nitrogen and oxygen atoms in total. The lowest BCUT2D eigenvalue weighted by Gasteiger charge is -2.00. The molecule has 0 atom stereocenters. The van der Waals surface area contributed by atoms with Crippen molar-refractivity contribution in [3.63, 3.8) is 0 Å². The Morgan fingerprint density at radius 1 is 1.64 bits per heavy atom. The first-order valence-electron chi connectivity index (χ1n) is 3.95. The minimum Gasteiger partial charge on any atom is -0.474 e. The molecule has 2 N–H and O–H groups in total. The van der Waals surface area contributed by atoms with Crippen LogP contribution in [-0.4, -0.2) is 38.3 Å². The lowest BCUT2D eigenvalue weighted by molar-refractivity contribution is -0.150. The second kappa shape index (κ2) is 4.35. The normalized spacial score (nSPS) is 9.79. The summed E-state index contributed by atoms with van der Waals surface area (Å²) in [5, 5.41) is 17.9. The summed E-state index contributed by atoms with van der Waals surface area (Å²) in [7, 11) is 1.77. The average molecular weight is 198 g/mol. The Balaban J connectivity index is 2.32. The molecule has 1 aromatic heterocycles. The third kappa shape index (κ3) is 2.54. The zero-order chi connectivity index (χ0) is 10.6. The third-order valence-electron chi connectivity index (χ3n) is 1.63. The van der Waals surface area contributed by atoms with Crippen LogP contribution < -0.4 is 5.32 Å². The topological polar surface area (TPSA) is 97.1 Å². The number of carbonyl (C=O) groups excluding carboxylic acids is 1. The molecule has 0 saturated heterocycles. The van der Waals surface area contributed by atoms with Gasteiger partial charge in [0.15, 0.2) is 0 Å². The molecular weight excluding hydrogens is 188 g/mol. The summed E-state index contributed by atoms with van der Waals surface area (Å²) >= 11 is 0. The molecule has 0 saturated carbocycles. The Morgan fingerprint density at radius 3 is 2.86 bits per heavy atom. The van der Waals surface area contributed by atoms with Crippen molar-refractivity contribution < 1.29 is 14.7 Å². The predicted molar refractivity (Wildman–Crippen MR) is 45.4 cm³/mol. The van der Waals surface area contributed by atoms with E-state index in [2.05, 4.69) is 15.5 Å². The SMILES string of the molecule is Cn1cnnc1CCNC(=O)C(=O)O. The minimum atomic E-state index is -1.48. The molecular formula is C7H10N4O3. The van der Waals surface area contributed by atoms with E-state index >= 15 is 0 Å². The molecule has 0 unspecified atom stereocenters. The van der Waals surface area contributed by atoms with E-state index in [-0.39, 0.29) is 6.54 Å². The summed E-state index contributed by atoms with van der Waals surface area (Å²) in [6.45, 7) is 0.234. The number of nitrogens with zero attached hydrogens (tertiary/aromatic N) is 3. The number of hydrogen-bond donors (Lipinski definition) is 2. The molecule has 14 heavy (non-hydrogen) atoms. The number of hydrogen-bond acceptors (Lipinski definition) is 4. The first-order valence-corrected chi connectivity index (χ1v) is 3.95. The summed E-state index contributed by atoms with van der Waals surface area (Å²) in [5.41, 5.74) is 0. The van der Waals surface area contributed by atoms with Gasteiger partial charge in [-0.2, -0.15) is 0 Å². The predicted octanol–water partition coefficient (Wildman–Crippen LogP) is -1.44. The van der Waals surface area contributed by atoms with E-state index in [0.717, 1.165) is 0 Å². The number of aryl methyl sites for hydroxylation is 1. The van der Waals surface area contributed by atoms with Crippen LogP contribution >= 0.6 is 0 Å². The van der Waals surface area contributed by atoms with Gasteiger partial charge in [-0.15, -0.1) is 10.2 Å². The number of aromatic nitrogens is 3. The molecule has 7 heteroatoms. The maximum absolute atomic E-state index is 10.6. The van der Waals surface area contributed by atoms with Gasteiger partial charge in [-0.25, -0.2) is 4.79 Å². The number of carboxylic acid groups (broad SMARTS) is 1. The molecule has 0 spiro atoms. The fourth-order valence-electron chi connectivity index (χ4n) is 0.897. The lowest BCUT2D eigenvalue weighted by Crippen LogP contribution is -2.32. The molecule has 1 amide bonds. The first-order chi connectivity index (χ1) is 6.61. The average Bonchev–Trinajstić information content (AvgIpc) is 2.51. The Kier molecular flexibility index (Phi) is 3.16. The molecule has 1 aromatic rings. The van der Waals surface area contributed by atoms with Crippen molar-refractivity contribution in [2.24, 2.45) is 7.05 Å². The van der Waals surface area contributed by atoms with Gasteiger partial charge in [-0.05, 0) is 0 Å². The van der Waals surface area contributed by atoms with Crippen LogP contribution in [0.3, 0.4) is 0 Å². The Morgan fingerprint density at radius 2 is 2.36 bits per heavy atom. The zero-order valence-electron chi connectivity index (χ0n) is 7.60. The molecule has 0 aromatic carbocycles.